The summed E-state index contributed by atoms with van der Waals surface area (Å²) >= 11 is 0. The van der Waals surface area contributed by atoms with E-state index >= 15 is 0 Å². The first-order chi connectivity index (χ1) is 10.1. The van der Waals surface area contributed by atoms with Crippen LogP contribution in [0.15, 0.2) is 17.1 Å². The van der Waals surface area contributed by atoms with Crippen LogP contribution in [0.1, 0.15) is 39.0 Å². The van der Waals surface area contributed by atoms with Crippen LogP contribution in [0, 0.1) is 0 Å². The molecule has 0 aliphatic carbocycles. The Bertz CT molecular complexity index is 336. The standard InChI is InChI=1S/C15H28N2O4.Na/c1-2-3-4-5-6-8-14(19)16-9-11-17(10-7-12-18)13-15(20)21;/h3-4,18H,2,5-13H2,1H3,(H,16,19)(H,20,21);/q;+1/p-1/b4-3+;. The molecule has 0 aromatic heterocycles. The molecule has 0 aromatic rings. The van der Waals surface area contributed by atoms with Crippen LogP contribution in [0.4, 0.5) is 0 Å². The maximum absolute atomic E-state index is 11.5. The number of hydrogen-bond donors (Lipinski definition) is 2. The molecule has 0 unspecified atom stereocenters. The van der Waals surface area contributed by atoms with E-state index < -0.39 is 5.97 Å². The zero-order valence-corrected chi connectivity index (χ0v) is 15.8. The van der Waals surface area contributed by atoms with Gasteiger partial charge in [-0.3, -0.25) is 9.69 Å². The van der Waals surface area contributed by atoms with Gasteiger partial charge in [0, 0.05) is 19.7 Å². The third-order valence-electron chi connectivity index (χ3n) is 2.86. The molecule has 6 nitrogen and oxygen atoms in total. The molecule has 0 bridgehead atoms. The minimum Gasteiger partial charge on any atom is -0.862 e. The molecule has 0 radical (unpaired) electrons. The molecule has 0 heterocycles. The van der Waals surface area contributed by atoms with Crippen LogP contribution in [0.2, 0.25) is 0 Å². The van der Waals surface area contributed by atoms with Crippen molar-refractivity contribution in [2.75, 3.05) is 32.8 Å². The third kappa shape index (κ3) is 16.0. The maximum Gasteiger partial charge on any atom is 1.00 e. The summed E-state index contributed by atoms with van der Waals surface area (Å²) in [6.07, 6.45) is 7.78. The van der Waals surface area contributed by atoms with Crippen molar-refractivity contribution >= 4 is 11.9 Å². The molecule has 0 rings (SSSR count). The Labute approximate surface area is 155 Å². The second-order valence-electron chi connectivity index (χ2n) is 4.79. The summed E-state index contributed by atoms with van der Waals surface area (Å²) in [7, 11) is 0. The van der Waals surface area contributed by atoms with E-state index in [1.807, 2.05) is 0 Å². The fourth-order valence-corrected chi connectivity index (χ4v) is 1.81. The topological polar surface area (TPSA) is 96.2 Å². The number of carboxylic acid groups (broad SMARTS) is 1. The van der Waals surface area contributed by atoms with Gasteiger partial charge >= 0.3 is 35.5 Å². The molecule has 0 aliphatic heterocycles. The van der Waals surface area contributed by atoms with E-state index in [0.717, 1.165) is 19.3 Å². The maximum atomic E-state index is 11.5. The van der Waals surface area contributed by atoms with Crippen LogP contribution in [0.5, 0.6) is 0 Å². The summed E-state index contributed by atoms with van der Waals surface area (Å²) in [5.74, 6) is -1.04. The number of allylic oxidation sites excluding steroid dienone is 2. The number of aliphatic imine (C=N–C) groups is 1. The normalized spacial score (nSPS) is 11.9. The molecular weight excluding hydrogens is 295 g/mol. The molecule has 22 heavy (non-hydrogen) atoms. The zero-order valence-electron chi connectivity index (χ0n) is 13.8. The summed E-state index contributed by atoms with van der Waals surface area (Å²) in [6.45, 7) is 3.23. The second-order valence-corrected chi connectivity index (χ2v) is 4.79. The Morgan fingerprint density at radius 1 is 1.27 bits per heavy atom. The van der Waals surface area contributed by atoms with E-state index in [9.17, 15) is 9.90 Å². The van der Waals surface area contributed by atoms with Crippen molar-refractivity contribution in [2.45, 2.75) is 39.0 Å². The van der Waals surface area contributed by atoms with Gasteiger partial charge in [-0.2, -0.15) is 0 Å². The Balaban J connectivity index is 0. The Hall–Kier alpha value is -0.400. The number of carboxylic acids is 1. The minimum atomic E-state index is -0.915. The molecule has 0 saturated heterocycles. The van der Waals surface area contributed by atoms with Gasteiger partial charge in [0.05, 0.1) is 13.1 Å². The van der Waals surface area contributed by atoms with Crippen molar-refractivity contribution in [2.24, 2.45) is 4.99 Å². The van der Waals surface area contributed by atoms with Gasteiger partial charge in [0.1, 0.15) is 0 Å². The van der Waals surface area contributed by atoms with Crippen LogP contribution in [-0.4, -0.2) is 59.8 Å². The summed E-state index contributed by atoms with van der Waals surface area (Å²) < 4.78 is 0. The molecular formula is C15H27N2NaO4. The first kappa shape index (κ1) is 23.9. The van der Waals surface area contributed by atoms with Gasteiger partial charge in [-0.1, -0.05) is 19.1 Å². The summed E-state index contributed by atoms with van der Waals surface area (Å²) in [4.78, 5) is 16.3. The molecule has 0 aromatic carbocycles. The van der Waals surface area contributed by atoms with Crippen LogP contribution in [0.3, 0.4) is 0 Å². The van der Waals surface area contributed by atoms with Crippen molar-refractivity contribution in [3.05, 3.63) is 12.2 Å². The predicted octanol–water partition coefficient (Wildman–Crippen LogP) is -2.35. The molecule has 0 fully saturated rings. The number of hydrogen-bond acceptors (Lipinski definition) is 5. The van der Waals surface area contributed by atoms with Gasteiger partial charge in [0.25, 0.3) is 0 Å². The van der Waals surface area contributed by atoms with E-state index in [-0.39, 0.29) is 48.6 Å². The molecule has 0 saturated carbocycles. The summed E-state index contributed by atoms with van der Waals surface area (Å²) in [5, 5.41) is 29.1. The summed E-state index contributed by atoms with van der Waals surface area (Å²) in [5.41, 5.74) is 0. The first-order valence-corrected chi connectivity index (χ1v) is 7.50. The largest absolute Gasteiger partial charge is 1.00 e. The fourth-order valence-electron chi connectivity index (χ4n) is 1.81. The van der Waals surface area contributed by atoms with Crippen molar-refractivity contribution < 1.29 is 49.7 Å². The molecule has 122 valence electrons. The molecule has 0 amide bonds. The van der Waals surface area contributed by atoms with Gasteiger partial charge < -0.3 is 20.3 Å². The Kier molecular flexibility index (Phi) is 18.4. The molecule has 0 aliphatic rings. The average Bonchev–Trinajstić information content (AvgIpc) is 2.43. The SMILES string of the molecule is CC/C=C/CCCC([O-])=NCCN(CCCO)CC(=O)O.[Na+]. The molecule has 0 atom stereocenters. The van der Waals surface area contributed by atoms with Gasteiger partial charge in [-0.25, -0.2) is 0 Å². The quantitative estimate of drug-likeness (QED) is 0.130. The van der Waals surface area contributed by atoms with Crippen LogP contribution >= 0.6 is 0 Å². The number of aliphatic carboxylic acids is 1. The second kappa shape index (κ2) is 17.0. The van der Waals surface area contributed by atoms with E-state index in [1.54, 1.807) is 4.90 Å². The number of carbonyl (C=O) groups is 1. The third-order valence-corrected chi connectivity index (χ3v) is 2.86. The Morgan fingerprint density at radius 2 is 2.00 bits per heavy atom. The van der Waals surface area contributed by atoms with Crippen molar-refractivity contribution in [1.29, 1.82) is 0 Å². The van der Waals surface area contributed by atoms with Crippen molar-refractivity contribution in [1.82, 2.24) is 4.90 Å². The number of aliphatic hydroxyl groups excluding tert-OH is 1. The first-order valence-electron chi connectivity index (χ1n) is 7.50. The van der Waals surface area contributed by atoms with Crippen LogP contribution in [-0.2, 0) is 4.79 Å². The van der Waals surface area contributed by atoms with E-state index in [0.29, 0.717) is 32.5 Å². The smallest absolute Gasteiger partial charge is 0.862 e. The molecule has 2 N–H and O–H groups in total. The molecule has 7 heteroatoms. The van der Waals surface area contributed by atoms with E-state index in [4.69, 9.17) is 10.2 Å². The van der Waals surface area contributed by atoms with Gasteiger partial charge in [-0.15, -0.1) is 0 Å². The van der Waals surface area contributed by atoms with Gasteiger partial charge in [-0.05, 0) is 38.0 Å². The summed E-state index contributed by atoms with van der Waals surface area (Å²) in [6, 6.07) is 0. The predicted molar refractivity (Wildman–Crippen MR) is 81.4 cm³/mol. The van der Waals surface area contributed by atoms with E-state index in [1.165, 1.54) is 0 Å². The number of aliphatic hydroxyl groups is 1. The average molecular weight is 322 g/mol. The number of unbranched alkanes of at least 4 members (excludes halogenated alkanes) is 1. The minimum absolute atomic E-state index is 0. The van der Waals surface area contributed by atoms with Crippen molar-refractivity contribution in [3.8, 4) is 0 Å². The number of rotatable bonds is 13. The Morgan fingerprint density at radius 3 is 2.59 bits per heavy atom. The molecule has 0 spiro atoms. The number of nitrogens with zero attached hydrogens (tertiary/aromatic N) is 2. The van der Waals surface area contributed by atoms with Gasteiger partial charge in [0.15, 0.2) is 0 Å². The zero-order chi connectivity index (χ0) is 15.9. The monoisotopic (exact) mass is 322 g/mol. The van der Waals surface area contributed by atoms with E-state index in [2.05, 4.69) is 24.1 Å². The van der Waals surface area contributed by atoms with Crippen molar-refractivity contribution in [3.63, 3.8) is 0 Å². The fraction of sp³-hybridized carbons (Fsp3) is 0.733. The van der Waals surface area contributed by atoms with Crippen LogP contribution in [0.25, 0.3) is 0 Å². The van der Waals surface area contributed by atoms with Gasteiger partial charge in [0.2, 0.25) is 0 Å². The van der Waals surface area contributed by atoms with Crippen LogP contribution < -0.4 is 34.7 Å².